The largest absolute Gasteiger partial charge is 0.127 e. The molecule has 0 N–H and O–H groups in total. The SMILES string of the molecule is [CH2]CCC(Cl)CCCCl. The standard InChI is InChI=1S/C7H13Cl2/c1-2-4-7(9)5-3-6-8/h7H,1-6H2. The van der Waals surface area contributed by atoms with Gasteiger partial charge in [-0.15, -0.1) is 23.2 Å². The summed E-state index contributed by atoms with van der Waals surface area (Å²) in [6, 6.07) is 0. The molecule has 0 aromatic heterocycles. The van der Waals surface area contributed by atoms with E-state index >= 15 is 0 Å². The van der Waals surface area contributed by atoms with E-state index < -0.39 is 0 Å². The average Bonchev–Trinajstić information content (AvgIpc) is 1.85. The highest BCUT2D eigenvalue weighted by atomic mass is 35.5. The third-order valence-corrected chi connectivity index (χ3v) is 1.87. The second kappa shape index (κ2) is 6.70. The van der Waals surface area contributed by atoms with Crippen molar-refractivity contribution >= 4 is 23.2 Å². The molecule has 0 nitrogen and oxygen atoms in total. The Labute approximate surface area is 67.5 Å². The fourth-order valence-electron chi connectivity index (χ4n) is 0.664. The van der Waals surface area contributed by atoms with Crippen molar-refractivity contribution in [3.05, 3.63) is 6.92 Å². The van der Waals surface area contributed by atoms with Crippen molar-refractivity contribution < 1.29 is 0 Å². The van der Waals surface area contributed by atoms with Gasteiger partial charge in [-0.1, -0.05) is 13.3 Å². The highest BCUT2D eigenvalue weighted by molar-refractivity contribution is 6.20. The summed E-state index contributed by atoms with van der Waals surface area (Å²) in [6.45, 7) is 3.72. The Morgan fingerprint density at radius 1 is 1.33 bits per heavy atom. The van der Waals surface area contributed by atoms with Gasteiger partial charge in [0.2, 0.25) is 0 Å². The molecule has 0 saturated heterocycles. The molecule has 55 valence electrons. The molecule has 1 radical (unpaired) electrons. The zero-order chi connectivity index (χ0) is 7.11. The van der Waals surface area contributed by atoms with Crippen LogP contribution >= 0.6 is 23.2 Å². The van der Waals surface area contributed by atoms with E-state index in [-0.39, 0.29) is 0 Å². The van der Waals surface area contributed by atoms with Crippen LogP contribution in [0.15, 0.2) is 0 Å². The van der Waals surface area contributed by atoms with Gasteiger partial charge in [0, 0.05) is 11.3 Å². The third kappa shape index (κ3) is 6.47. The normalized spacial score (nSPS) is 13.7. The summed E-state index contributed by atoms with van der Waals surface area (Å²) >= 11 is 11.3. The van der Waals surface area contributed by atoms with Crippen LogP contribution in [0.4, 0.5) is 0 Å². The molecule has 1 atom stereocenters. The molecule has 0 aromatic rings. The van der Waals surface area contributed by atoms with Gasteiger partial charge in [-0.05, 0) is 19.3 Å². The summed E-state index contributed by atoms with van der Waals surface area (Å²) in [5.74, 6) is 0.723. The van der Waals surface area contributed by atoms with Crippen LogP contribution in [0.25, 0.3) is 0 Å². The van der Waals surface area contributed by atoms with Crippen LogP contribution in [-0.4, -0.2) is 11.3 Å². The van der Waals surface area contributed by atoms with E-state index in [1.54, 1.807) is 0 Å². The molecule has 0 aliphatic rings. The van der Waals surface area contributed by atoms with E-state index in [9.17, 15) is 0 Å². The lowest BCUT2D eigenvalue weighted by Gasteiger charge is -2.04. The predicted octanol–water partition coefficient (Wildman–Crippen LogP) is 3.23. The highest BCUT2D eigenvalue weighted by Gasteiger charge is 2.00. The van der Waals surface area contributed by atoms with Crippen molar-refractivity contribution in [2.45, 2.75) is 31.1 Å². The number of alkyl halides is 2. The highest BCUT2D eigenvalue weighted by Crippen LogP contribution is 2.11. The molecule has 2 heteroatoms. The van der Waals surface area contributed by atoms with E-state index in [2.05, 4.69) is 6.92 Å². The number of rotatable bonds is 5. The molecule has 0 saturated carbocycles. The van der Waals surface area contributed by atoms with Gasteiger partial charge in [0.1, 0.15) is 0 Å². The van der Waals surface area contributed by atoms with Crippen molar-refractivity contribution in [1.29, 1.82) is 0 Å². The van der Waals surface area contributed by atoms with Crippen LogP contribution in [0.2, 0.25) is 0 Å². The summed E-state index contributed by atoms with van der Waals surface area (Å²) in [7, 11) is 0. The van der Waals surface area contributed by atoms with Crippen molar-refractivity contribution in [1.82, 2.24) is 0 Å². The first-order chi connectivity index (χ1) is 4.31. The third-order valence-electron chi connectivity index (χ3n) is 1.17. The Bertz CT molecular complexity index is 54.9. The van der Waals surface area contributed by atoms with Crippen molar-refractivity contribution in [3.63, 3.8) is 0 Å². The van der Waals surface area contributed by atoms with Crippen molar-refractivity contribution in [2.75, 3.05) is 5.88 Å². The summed E-state index contributed by atoms with van der Waals surface area (Å²) in [5, 5.41) is 0.293. The number of halogens is 2. The lowest BCUT2D eigenvalue weighted by Crippen LogP contribution is -1.97. The molecule has 0 amide bonds. The molecule has 9 heavy (non-hydrogen) atoms. The van der Waals surface area contributed by atoms with E-state index in [0.29, 0.717) is 5.38 Å². The molecule has 0 bridgehead atoms. The van der Waals surface area contributed by atoms with Gasteiger partial charge in [-0.2, -0.15) is 0 Å². The topological polar surface area (TPSA) is 0 Å². The van der Waals surface area contributed by atoms with Gasteiger partial charge in [-0.25, -0.2) is 0 Å². The van der Waals surface area contributed by atoms with Crippen LogP contribution in [0, 0.1) is 6.92 Å². The molecular weight excluding hydrogens is 155 g/mol. The van der Waals surface area contributed by atoms with Gasteiger partial charge in [0.15, 0.2) is 0 Å². The lowest BCUT2D eigenvalue weighted by molar-refractivity contribution is 0.685. The van der Waals surface area contributed by atoms with Crippen molar-refractivity contribution in [2.24, 2.45) is 0 Å². The summed E-state index contributed by atoms with van der Waals surface area (Å²) in [6.07, 6.45) is 3.99. The first-order valence-corrected chi connectivity index (χ1v) is 4.27. The van der Waals surface area contributed by atoms with Gasteiger partial charge in [-0.3, -0.25) is 0 Å². The Morgan fingerprint density at radius 2 is 2.00 bits per heavy atom. The summed E-state index contributed by atoms with van der Waals surface area (Å²) < 4.78 is 0. The van der Waals surface area contributed by atoms with Crippen LogP contribution < -0.4 is 0 Å². The quantitative estimate of drug-likeness (QED) is 0.553. The van der Waals surface area contributed by atoms with E-state index in [1.165, 1.54) is 0 Å². The number of hydrogen-bond acceptors (Lipinski definition) is 0. The smallest absolute Gasteiger partial charge is 0.0336 e. The Morgan fingerprint density at radius 3 is 2.44 bits per heavy atom. The van der Waals surface area contributed by atoms with Gasteiger partial charge in [0.05, 0.1) is 0 Å². The second-order valence-electron chi connectivity index (χ2n) is 2.07. The molecule has 0 rings (SSSR count). The monoisotopic (exact) mass is 167 g/mol. The molecule has 0 fully saturated rings. The minimum atomic E-state index is 0.293. The van der Waals surface area contributed by atoms with E-state index in [0.717, 1.165) is 31.6 Å². The van der Waals surface area contributed by atoms with Gasteiger partial charge in [0.25, 0.3) is 0 Å². The zero-order valence-electron chi connectivity index (χ0n) is 5.58. The zero-order valence-corrected chi connectivity index (χ0v) is 7.09. The second-order valence-corrected chi connectivity index (χ2v) is 3.07. The minimum Gasteiger partial charge on any atom is -0.127 e. The van der Waals surface area contributed by atoms with Crippen LogP contribution in [0.1, 0.15) is 25.7 Å². The van der Waals surface area contributed by atoms with Crippen LogP contribution in [-0.2, 0) is 0 Å². The first kappa shape index (κ1) is 9.58. The van der Waals surface area contributed by atoms with E-state index in [4.69, 9.17) is 23.2 Å². The Balaban J connectivity index is 2.95. The first-order valence-electron chi connectivity index (χ1n) is 3.30. The predicted molar refractivity (Wildman–Crippen MR) is 44.2 cm³/mol. The maximum atomic E-state index is 5.86. The lowest BCUT2D eigenvalue weighted by atomic mass is 10.2. The molecule has 0 aromatic carbocycles. The number of hydrogen-bond donors (Lipinski definition) is 0. The average molecular weight is 168 g/mol. The van der Waals surface area contributed by atoms with Gasteiger partial charge < -0.3 is 0 Å². The van der Waals surface area contributed by atoms with Crippen LogP contribution in [0.3, 0.4) is 0 Å². The van der Waals surface area contributed by atoms with Gasteiger partial charge >= 0.3 is 0 Å². The summed E-state index contributed by atoms with van der Waals surface area (Å²) in [5.41, 5.74) is 0. The molecule has 0 aliphatic carbocycles. The molecule has 1 unspecified atom stereocenters. The molecule has 0 aliphatic heterocycles. The van der Waals surface area contributed by atoms with E-state index in [1.807, 2.05) is 0 Å². The Kier molecular flexibility index (Phi) is 7.13. The Hall–Kier alpha value is 0.580. The maximum Gasteiger partial charge on any atom is 0.0336 e. The van der Waals surface area contributed by atoms with Crippen LogP contribution in [0.5, 0.6) is 0 Å². The van der Waals surface area contributed by atoms with Crippen molar-refractivity contribution in [3.8, 4) is 0 Å². The molecular formula is C7H13Cl2. The fraction of sp³-hybridized carbons (Fsp3) is 0.857. The summed E-state index contributed by atoms with van der Waals surface area (Å²) in [4.78, 5) is 0. The molecule has 0 heterocycles. The fourth-order valence-corrected chi connectivity index (χ4v) is 1.13. The molecule has 0 spiro atoms. The maximum absolute atomic E-state index is 5.86. The minimum absolute atomic E-state index is 0.293.